The van der Waals surface area contributed by atoms with Crippen LogP contribution < -0.4 is 9.80 Å². The highest BCUT2D eigenvalue weighted by atomic mass is 16.3. The molecule has 4 heterocycles. The lowest BCUT2D eigenvalue weighted by Crippen LogP contribution is -2.49. The number of para-hydroxylation sites is 1. The third-order valence-corrected chi connectivity index (χ3v) is 5.28. The van der Waals surface area contributed by atoms with Crippen molar-refractivity contribution in [2.45, 2.75) is 6.42 Å². The van der Waals surface area contributed by atoms with E-state index in [0.717, 1.165) is 18.8 Å². The van der Waals surface area contributed by atoms with E-state index in [1.807, 2.05) is 6.07 Å². The highest BCUT2D eigenvalue weighted by Crippen LogP contribution is 2.33. The van der Waals surface area contributed by atoms with Crippen LogP contribution in [-0.2, 0) is 6.42 Å². The van der Waals surface area contributed by atoms with Gasteiger partial charge < -0.3 is 19.1 Å². The summed E-state index contributed by atoms with van der Waals surface area (Å²) in [4.78, 5) is 23.2. The minimum atomic E-state index is -0.0777. The molecule has 0 saturated carbocycles. The molecule has 0 radical (unpaired) electrons. The average molecular weight is 376 g/mol. The van der Waals surface area contributed by atoms with Crippen molar-refractivity contribution in [2.75, 3.05) is 42.5 Å². The highest BCUT2D eigenvalue weighted by molar-refractivity contribution is 5.91. The first-order valence-electron chi connectivity index (χ1n) is 9.42. The van der Waals surface area contributed by atoms with Crippen molar-refractivity contribution in [3.05, 3.63) is 60.2 Å². The number of furan rings is 1. The van der Waals surface area contributed by atoms with Crippen molar-refractivity contribution >= 4 is 23.4 Å². The van der Waals surface area contributed by atoms with Crippen molar-refractivity contribution < 1.29 is 9.21 Å². The molecule has 142 valence electrons. The van der Waals surface area contributed by atoms with Crippen molar-refractivity contribution in [1.82, 2.24) is 20.1 Å². The molecule has 0 N–H and O–H groups in total. The molecule has 2 aromatic heterocycles. The first-order chi connectivity index (χ1) is 13.8. The lowest BCUT2D eigenvalue weighted by atomic mass is 10.2. The van der Waals surface area contributed by atoms with Crippen molar-refractivity contribution in [3.8, 4) is 0 Å². The number of anilines is 3. The van der Waals surface area contributed by atoms with Gasteiger partial charge in [-0.25, -0.2) is 0 Å². The minimum absolute atomic E-state index is 0.0777. The predicted molar refractivity (Wildman–Crippen MR) is 104 cm³/mol. The Hall–Kier alpha value is -3.42. The second kappa shape index (κ2) is 6.95. The quantitative estimate of drug-likeness (QED) is 0.693. The number of nitrogens with zero attached hydrogens (tertiary/aromatic N) is 6. The lowest BCUT2D eigenvalue weighted by Gasteiger charge is -2.34. The molecular formula is C20H20N6O2. The molecule has 8 heteroatoms. The molecule has 1 amide bonds. The van der Waals surface area contributed by atoms with Crippen molar-refractivity contribution in [3.63, 3.8) is 0 Å². The molecule has 0 spiro atoms. The molecule has 1 saturated heterocycles. The summed E-state index contributed by atoms with van der Waals surface area (Å²) < 4.78 is 5.22. The number of benzene rings is 1. The van der Waals surface area contributed by atoms with Gasteiger partial charge in [-0.1, -0.05) is 18.2 Å². The first-order valence-corrected chi connectivity index (χ1v) is 9.42. The molecule has 3 aromatic rings. The lowest BCUT2D eigenvalue weighted by molar-refractivity contribution is 0.0714. The number of aromatic nitrogens is 3. The van der Waals surface area contributed by atoms with Crippen LogP contribution >= 0.6 is 0 Å². The van der Waals surface area contributed by atoms with Gasteiger partial charge in [0.05, 0.1) is 12.5 Å². The van der Waals surface area contributed by atoms with E-state index in [2.05, 4.69) is 38.2 Å². The maximum Gasteiger partial charge on any atom is 0.289 e. The molecule has 5 rings (SSSR count). The number of carbonyl (C=O) groups is 1. The molecule has 28 heavy (non-hydrogen) atoms. The largest absolute Gasteiger partial charge is 0.459 e. The zero-order valence-electron chi connectivity index (χ0n) is 15.4. The van der Waals surface area contributed by atoms with Gasteiger partial charge in [0.25, 0.3) is 5.91 Å². The van der Waals surface area contributed by atoms with Gasteiger partial charge in [0.15, 0.2) is 11.6 Å². The standard InChI is InChI=1S/C20H20N6O2/c27-19(17-6-3-13-28-17)24-9-11-25(12-10-24)20-22-18(14-21-23-20)26-8-7-15-4-1-2-5-16(15)26/h1-6,13-14H,7-12H2. The van der Waals surface area contributed by atoms with Gasteiger partial charge in [0.2, 0.25) is 5.95 Å². The van der Waals surface area contributed by atoms with Gasteiger partial charge in [-0.05, 0) is 30.2 Å². The van der Waals surface area contributed by atoms with E-state index in [0.29, 0.717) is 37.9 Å². The van der Waals surface area contributed by atoms with Gasteiger partial charge in [-0.2, -0.15) is 10.1 Å². The maximum absolute atomic E-state index is 12.4. The predicted octanol–water partition coefficient (Wildman–Crippen LogP) is 2.12. The van der Waals surface area contributed by atoms with Crippen LogP contribution in [0, 0.1) is 0 Å². The average Bonchev–Trinajstić information content (AvgIpc) is 3.44. The smallest absolute Gasteiger partial charge is 0.289 e. The molecular weight excluding hydrogens is 356 g/mol. The summed E-state index contributed by atoms with van der Waals surface area (Å²) in [5, 5.41) is 8.41. The van der Waals surface area contributed by atoms with Gasteiger partial charge in [0, 0.05) is 38.4 Å². The Morgan fingerprint density at radius 1 is 1.00 bits per heavy atom. The highest BCUT2D eigenvalue weighted by Gasteiger charge is 2.26. The van der Waals surface area contributed by atoms with Crippen LogP contribution in [0.4, 0.5) is 17.5 Å². The third-order valence-electron chi connectivity index (χ3n) is 5.28. The summed E-state index contributed by atoms with van der Waals surface area (Å²) in [6.07, 6.45) is 4.23. The fourth-order valence-corrected chi connectivity index (χ4v) is 3.79. The Kier molecular flexibility index (Phi) is 4.16. The van der Waals surface area contributed by atoms with E-state index in [1.165, 1.54) is 17.5 Å². The van der Waals surface area contributed by atoms with E-state index in [-0.39, 0.29) is 5.91 Å². The Bertz CT molecular complexity index is 982. The number of hydrogen-bond acceptors (Lipinski definition) is 7. The van der Waals surface area contributed by atoms with Gasteiger partial charge in [-0.3, -0.25) is 4.79 Å². The van der Waals surface area contributed by atoms with Crippen LogP contribution in [0.2, 0.25) is 0 Å². The zero-order chi connectivity index (χ0) is 18.9. The molecule has 8 nitrogen and oxygen atoms in total. The molecule has 1 fully saturated rings. The van der Waals surface area contributed by atoms with E-state index >= 15 is 0 Å². The molecule has 0 unspecified atom stereocenters. The minimum Gasteiger partial charge on any atom is -0.459 e. The van der Waals surface area contributed by atoms with Crippen LogP contribution in [0.15, 0.2) is 53.3 Å². The molecule has 0 aliphatic carbocycles. The Balaban J connectivity index is 1.30. The van der Waals surface area contributed by atoms with E-state index in [1.54, 1.807) is 23.2 Å². The molecule has 1 aromatic carbocycles. The molecule has 0 atom stereocenters. The Morgan fingerprint density at radius 2 is 1.86 bits per heavy atom. The second-order valence-corrected chi connectivity index (χ2v) is 6.90. The summed E-state index contributed by atoms with van der Waals surface area (Å²) in [5.74, 6) is 1.71. The van der Waals surface area contributed by atoms with Crippen LogP contribution in [-0.4, -0.2) is 58.7 Å². The topological polar surface area (TPSA) is 78.6 Å². The van der Waals surface area contributed by atoms with Gasteiger partial charge in [0.1, 0.15) is 0 Å². The molecule has 2 aliphatic heterocycles. The van der Waals surface area contributed by atoms with E-state index in [4.69, 9.17) is 9.40 Å². The van der Waals surface area contributed by atoms with E-state index < -0.39 is 0 Å². The third kappa shape index (κ3) is 2.96. The summed E-state index contributed by atoms with van der Waals surface area (Å²) >= 11 is 0. The van der Waals surface area contributed by atoms with Crippen molar-refractivity contribution in [1.29, 1.82) is 0 Å². The monoisotopic (exact) mass is 376 g/mol. The SMILES string of the molecule is O=C(c1ccco1)N1CCN(c2nncc(N3CCc4ccccc43)n2)CC1. The summed E-state index contributed by atoms with van der Waals surface area (Å²) in [6, 6.07) is 11.8. The number of hydrogen-bond donors (Lipinski definition) is 0. The molecule has 2 aliphatic rings. The number of piperazine rings is 1. The summed E-state index contributed by atoms with van der Waals surface area (Å²) in [6.45, 7) is 3.41. The molecule has 0 bridgehead atoms. The number of rotatable bonds is 3. The zero-order valence-corrected chi connectivity index (χ0v) is 15.4. The Morgan fingerprint density at radius 3 is 2.68 bits per heavy atom. The summed E-state index contributed by atoms with van der Waals surface area (Å²) in [5.41, 5.74) is 2.51. The maximum atomic E-state index is 12.4. The number of carbonyl (C=O) groups excluding carboxylic acids is 1. The van der Waals surface area contributed by atoms with Crippen molar-refractivity contribution in [2.24, 2.45) is 0 Å². The van der Waals surface area contributed by atoms with Crippen LogP contribution in [0.5, 0.6) is 0 Å². The number of fused-ring (bicyclic) bond motifs is 1. The fraction of sp³-hybridized carbons (Fsp3) is 0.300. The normalized spacial score (nSPS) is 16.4. The Labute approximate surface area is 162 Å². The fourth-order valence-electron chi connectivity index (χ4n) is 3.79. The second-order valence-electron chi connectivity index (χ2n) is 6.90. The number of amides is 1. The van der Waals surface area contributed by atoms with Gasteiger partial charge in [-0.15, -0.1) is 5.10 Å². The van der Waals surface area contributed by atoms with E-state index in [9.17, 15) is 4.79 Å². The summed E-state index contributed by atoms with van der Waals surface area (Å²) in [7, 11) is 0. The van der Waals surface area contributed by atoms with Crippen LogP contribution in [0.1, 0.15) is 16.1 Å². The first kappa shape index (κ1) is 16.7. The van der Waals surface area contributed by atoms with Gasteiger partial charge >= 0.3 is 0 Å². The van der Waals surface area contributed by atoms with Crippen LogP contribution in [0.3, 0.4) is 0 Å². The van der Waals surface area contributed by atoms with Crippen LogP contribution in [0.25, 0.3) is 0 Å².